The molecule has 2 saturated heterocycles. The number of rotatable bonds is 5. The van der Waals surface area contributed by atoms with Crippen molar-refractivity contribution in [2.24, 2.45) is 5.92 Å². The molecule has 4 atom stereocenters. The molecule has 4 unspecified atom stereocenters. The van der Waals surface area contributed by atoms with E-state index in [-0.39, 0.29) is 11.9 Å². The lowest BCUT2D eigenvalue weighted by molar-refractivity contribution is 0.0853. The average molecular weight is 291 g/mol. The first-order valence-electron chi connectivity index (χ1n) is 8.25. The molecule has 0 aromatic heterocycles. The van der Waals surface area contributed by atoms with Crippen LogP contribution in [0.15, 0.2) is 12.1 Å². The number of nitrogens with one attached hydrogen (secondary N) is 1. The van der Waals surface area contributed by atoms with Crippen molar-refractivity contribution in [1.82, 2.24) is 5.32 Å². The van der Waals surface area contributed by atoms with Gasteiger partial charge in [-0.25, -0.2) is 4.39 Å². The first-order chi connectivity index (χ1) is 10.1. The van der Waals surface area contributed by atoms with E-state index in [0.717, 1.165) is 42.5 Å². The van der Waals surface area contributed by atoms with Gasteiger partial charge in [-0.1, -0.05) is 13.0 Å². The first-order valence-corrected chi connectivity index (χ1v) is 8.25. The predicted molar refractivity (Wildman–Crippen MR) is 82.9 cm³/mol. The highest BCUT2D eigenvalue weighted by Gasteiger charge is 2.45. The molecule has 0 spiro atoms. The maximum atomic E-state index is 14.6. The smallest absolute Gasteiger partial charge is 0.128 e. The second-order valence-corrected chi connectivity index (χ2v) is 6.68. The van der Waals surface area contributed by atoms with E-state index in [9.17, 15) is 4.39 Å². The van der Waals surface area contributed by atoms with Gasteiger partial charge < -0.3 is 10.1 Å². The summed E-state index contributed by atoms with van der Waals surface area (Å²) in [7, 11) is 0. The molecule has 2 aliphatic rings. The van der Waals surface area contributed by atoms with E-state index in [4.69, 9.17) is 4.74 Å². The second-order valence-electron chi connectivity index (χ2n) is 6.68. The van der Waals surface area contributed by atoms with Crippen LogP contribution in [0.2, 0.25) is 0 Å². The highest BCUT2D eigenvalue weighted by molar-refractivity contribution is 5.35. The van der Waals surface area contributed by atoms with E-state index in [0.29, 0.717) is 18.1 Å². The van der Waals surface area contributed by atoms with E-state index < -0.39 is 0 Å². The fourth-order valence-electron chi connectivity index (χ4n) is 4.12. The largest absolute Gasteiger partial charge is 0.375 e. The van der Waals surface area contributed by atoms with E-state index in [1.807, 2.05) is 13.8 Å². The van der Waals surface area contributed by atoms with Crippen molar-refractivity contribution in [1.29, 1.82) is 0 Å². The molecule has 1 N–H and O–H groups in total. The SMILES string of the molecule is CCCNC(c1c(C)cc(C)cc1F)C1CC2CCC1O2. The normalized spacial score (nSPS) is 29.0. The van der Waals surface area contributed by atoms with Crippen molar-refractivity contribution >= 4 is 0 Å². The molecule has 2 aliphatic heterocycles. The molecular weight excluding hydrogens is 265 g/mol. The van der Waals surface area contributed by atoms with Crippen LogP contribution in [-0.4, -0.2) is 18.8 Å². The summed E-state index contributed by atoms with van der Waals surface area (Å²) in [5, 5.41) is 3.59. The van der Waals surface area contributed by atoms with Gasteiger partial charge in [-0.2, -0.15) is 0 Å². The Bertz CT molecular complexity index is 493. The third-order valence-corrected chi connectivity index (χ3v) is 4.99. The summed E-state index contributed by atoms with van der Waals surface area (Å²) in [5.41, 5.74) is 2.91. The summed E-state index contributed by atoms with van der Waals surface area (Å²) in [6, 6.07) is 3.84. The van der Waals surface area contributed by atoms with Crippen LogP contribution in [0.1, 0.15) is 55.3 Å². The molecule has 0 radical (unpaired) electrons. The van der Waals surface area contributed by atoms with Crippen LogP contribution in [0.25, 0.3) is 0 Å². The molecule has 2 heterocycles. The third-order valence-electron chi connectivity index (χ3n) is 4.99. The predicted octanol–water partition coefficient (Wildman–Crippen LogP) is 4.05. The summed E-state index contributed by atoms with van der Waals surface area (Å²) in [5.74, 6) is 0.343. The number of fused-ring (bicyclic) bond motifs is 2. The van der Waals surface area contributed by atoms with Crippen LogP contribution >= 0.6 is 0 Å². The average Bonchev–Trinajstić information content (AvgIpc) is 3.03. The highest BCUT2D eigenvalue weighted by atomic mass is 19.1. The molecule has 3 rings (SSSR count). The van der Waals surface area contributed by atoms with Gasteiger partial charge >= 0.3 is 0 Å². The molecule has 0 amide bonds. The van der Waals surface area contributed by atoms with E-state index in [1.54, 1.807) is 6.07 Å². The van der Waals surface area contributed by atoms with Crippen LogP contribution in [0, 0.1) is 25.6 Å². The number of hydrogen-bond acceptors (Lipinski definition) is 2. The number of ether oxygens (including phenoxy) is 1. The Balaban J connectivity index is 1.92. The molecule has 0 aliphatic carbocycles. The van der Waals surface area contributed by atoms with Crippen LogP contribution in [0.4, 0.5) is 4.39 Å². The standard InChI is InChI=1S/C18H26FNO/c1-4-7-20-18(14-10-13-5-6-16(14)21-13)17-12(3)8-11(2)9-15(17)19/h8-9,13-14,16,18,20H,4-7,10H2,1-3H3. The van der Waals surface area contributed by atoms with Gasteiger partial charge in [0.15, 0.2) is 0 Å². The Morgan fingerprint density at radius 1 is 1.33 bits per heavy atom. The summed E-state index contributed by atoms with van der Waals surface area (Å²) >= 11 is 0. The maximum Gasteiger partial charge on any atom is 0.128 e. The van der Waals surface area contributed by atoms with Crippen LogP contribution in [0.3, 0.4) is 0 Å². The van der Waals surface area contributed by atoms with Crippen molar-refractivity contribution in [2.45, 2.75) is 64.7 Å². The summed E-state index contributed by atoms with van der Waals surface area (Å²) < 4.78 is 20.6. The highest BCUT2D eigenvalue weighted by Crippen LogP contribution is 2.45. The monoisotopic (exact) mass is 291 g/mol. The Hall–Kier alpha value is -0.930. The molecule has 21 heavy (non-hydrogen) atoms. The van der Waals surface area contributed by atoms with Crippen molar-refractivity contribution in [3.05, 3.63) is 34.6 Å². The Kier molecular flexibility index (Phi) is 4.32. The van der Waals surface area contributed by atoms with Crippen LogP contribution in [-0.2, 0) is 4.74 Å². The van der Waals surface area contributed by atoms with E-state index in [1.165, 1.54) is 6.42 Å². The quantitative estimate of drug-likeness (QED) is 0.883. The zero-order valence-electron chi connectivity index (χ0n) is 13.3. The summed E-state index contributed by atoms with van der Waals surface area (Å²) in [6.07, 6.45) is 5.15. The van der Waals surface area contributed by atoms with Gasteiger partial charge in [-0.3, -0.25) is 0 Å². The zero-order valence-corrected chi connectivity index (χ0v) is 13.3. The van der Waals surface area contributed by atoms with E-state index in [2.05, 4.69) is 18.3 Å². The second kappa shape index (κ2) is 6.05. The van der Waals surface area contributed by atoms with Gasteiger partial charge in [0.2, 0.25) is 0 Å². The molecule has 1 aromatic rings. The van der Waals surface area contributed by atoms with Gasteiger partial charge in [-0.05, 0) is 63.3 Å². The van der Waals surface area contributed by atoms with Crippen LogP contribution < -0.4 is 5.32 Å². The first kappa shape index (κ1) is 15.0. The van der Waals surface area contributed by atoms with E-state index >= 15 is 0 Å². The Morgan fingerprint density at radius 3 is 2.71 bits per heavy atom. The minimum atomic E-state index is -0.0659. The number of benzene rings is 1. The fraction of sp³-hybridized carbons (Fsp3) is 0.667. The van der Waals surface area contributed by atoms with Gasteiger partial charge in [0.05, 0.1) is 12.2 Å². The fourth-order valence-corrected chi connectivity index (χ4v) is 4.12. The van der Waals surface area contributed by atoms with Crippen molar-refractivity contribution in [2.75, 3.05) is 6.54 Å². The molecule has 1 aromatic carbocycles. The lowest BCUT2D eigenvalue weighted by Gasteiger charge is -2.31. The molecular formula is C18H26FNO. The lowest BCUT2D eigenvalue weighted by atomic mass is 9.79. The molecule has 2 bridgehead atoms. The number of aryl methyl sites for hydroxylation is 2. The lowest BCUT2D eigenvalue weighted by Crippen LogP contribution is -2.35. The maximum absolute atomic E-state index is 14.6. The Labute approximate surface area is 127 Å². The molecule has 2 nitrogen and oxygen atoms in total. The van der Waals surface area contributed by atoms with Crippen molar-refractivity contribution < 1.29 is 9.13 Å². The van der Waals surface area contributed by atoms with Gasteiger partial charge in [0, 0.05) is 17.5 Å². The van der Waals surface area contributed by atoms with Gasteiger partial charge in [0.25, 0.3) is 0 Å². The number of halogens is 1. The third kappa shape index (κ3) is 2.86. The summed E-state index contributed by atoms with van der Waals surface area (Å²) in [6.45, 7) is 7.06. The Morgan fingerprint density at radius 2 is 2.14 bits per heavy atom. The zero-order chi connectivity index (χ0) is 15.0. The van der Waals surface area contributed by atoms with Gasteiger partial charge in [-0.15, -0.1) is 0 Å². The minimum Gasteiger partial charge on any atom is -0.375 e. The van der Waals surface area contributed by atoms with Crippen molar-refractivity contribution in [3.8, 4) is 0 Å². The molecule has 3 heteroatoms. The van der Waals surface area contributed by atoms with Gasteiger partial charge in [0.1, 0.15) is 5.82 Å². The molecule has 0 saturated carbocycles. The molecule has 116 valence electrons. The van der Waals surface area contributed by atoms with Crippen molar-refractivity contribution in [3.63, 3.8) is 0 Å². The number of hydrogen-bond donors (Lipinski definition) is 1. The summed E-state index contributed by atoms with van der Waals surface area (Å²) in [4.78, 5) is 0. The van der Waals surface area contributed by atoms with Crippen LogP contribution in [0.5, 0.6) is 0 Å². The molecule has 2 fully saturated rings. The topological polar surface area (TPSA) is 21.3 Å². The minimum absolute atomic E-state index is 0.0659.